The molecule has 0 unspecified atom stereocenters. The van der Waals surface area contributed by atoms with Crippen molar-refractivity contribution in [2.45, 2.75) is 0 Å². The van der Waals surface area contributed by atoms with Crippen molar-refractivity contribution in [1.29, 1.82) is 0 Å². The molecule has 4 rings (SSSR count). The fraction of sp³-hybridized carbons (Fsp3) is 0. The Morgan fingerprint density at radius 2 is 2.00 bits per heavy atom. The van der Waals surface area contributed by atoms with Gasteiger partial charge in [-0.05, 0) is 40.2 Å². The number of aromatic amines is 1. The van der Waals surface area contributed by atoms with Gasteiger partial charge in [0.2, 0.25) is 0 Å². The van der Waals surface area contributed by atoms with E-state index in [9.17, 15) is 0 Å². The first-order valence-electron chi connectivity index (χ1n) is 6.79. The zero-order chi connectivity index (χ0) is 15.8. The number of pyridine rings is 3. The largest absolute Gasteiger partial charge is 0.336 e. The van der Waals surface area contributed by atoms with Crippen LogP contribution in [-0.4, -0.2) is 24.9 Å². The van der Waals surface area contributed by atoms with E-state index in [4.69, 9.17) is 11.6 Å². The maximum absolute atomic E-state index is 6.56. The fourth-order valence-corrected chi connectivity index (χ4v) is 2.97. The fourth-order valence-electron chi connectivity index (χ4n) is 2.33. The van der Waals surface area contributed by atoms with Gasteiger partial charge in [-0.2, -0.15) is 0 Å². The monoisotopic (exact) mass is 385 g/mol. The number of fused-ring (bicyclic) bond motifs is 1. The van der Waals surface area contributed by atoms with Gasteiger partial charge in [0.15, 0.2) is 5.65 Å². The van der Waals surface area contributed by atoms with Crippen LogP contribution in [0.1, 0.15) is 0 Å². The van der Waals surface area contributed by atoms with Crippen LogP contribution in [0.2, 0.25) is 5.02 Å². The second-order valence-electron chi connectivity index (χ2n) is 4.87. The number of halogens is 2. The van der Waals surface area contributed by atoms with E-state index in [1.165, 1.54) is 0 Å². The minimum atomic E-state index is 0.527. The van der Waals surface area contributed by atoms with Crippen LogP contribution in [0, 0.1) is 0 Å². The van der Waals surface area contributed by atoms with Gasteiger partial charge in [0.25, 0.3) is 0 Å². The molecule has 4 aromatic heterocycles. The lowest BCUT2D eigenvalue weighted by Gasteiger charge is -2.06. The number of nitrogens with one attached hydrogen (secondary N) is 1. The number of hydrogen-bond acceptors (Lipinski definition) is 4. The molecule has 0 saturated heterocycles. The summed E-state index contributed by atoms with van der Waals surface area (Å²) in [5, 5.41) is 0.527. The Morgan fingerprint density at radius 3 is 2.83 bits per heavy atom. The van der Waals surface area contributed by atoms with Crippen LogP contribution in [0.5, 0.6) is 0 Å². The summed E-state index contributed by atoms with van der Waals surface area (Å²) in [6.45, 7) is 0. The smallest absolute Gasteiger partial charge is 0.178 e. The highest BCUT2D eigenvalue weighted by molar-refractivity contribution is 9.10. The van der Waals surface area contributed by atoms with E-state index >= 15 is 0 Å². The van der Waals surface area contributed by atoms with Crippen molar-refractivity contribution < 1.29 is 0 Å². The minimum Gasteiger partial charge on any atom is -0.336 e. The third kappa shape index (κ3) is 2.60. The van der Waals surface area contributed by atoms with Gasteiger partial charge in [0.1, 0.15) is 5.82 Å². The van der Waals surface area contributed by atoms with E-state index in [0.717, 1.165) is 21.1 Å². The first-order chi connectivity index (χ1) is 11.2. The van der Waals surface area contributed by atoms with E-state index in [1.54, 1.807) is 24.8 Å². The molecule has 0 aliphatic heterocycles. The second-order valence-corrected chi connectivity index (χ2v) is 6.17. The predicted octanol–water partition coefficient (Wildman–Crippen LogP) is 4.50. The lowest BCUT2D eigenvalue weighted by molar-refractivity contribution is 1.26. The van der Waals surface area contributed by atoms with Gasteiger partial charge >= 0.3 is 0 Å². The van der Waals surface area contributed by atoms with E-state index in [1.807, 2.05) is 24.3 Å². The summed E-state index contributed by atoms with van der Waals surface area (Å²) >= 11 is 9.96. The maximum Gasteiger partial charge on any atom is 0.178 e. The minimum absolute atomic E-state index is 0.527. The van der Waals surface area contributed by atoms with Crippen LogP contribution in [0.25, 0.3) is 33.8 Å². The highest BCUT2D eigenvalue weighted by Crippen LogP contribution is 2.34. The Hall–Kier alpha value is -2.31. The van der Waals surface area contributed by atoms with Crippen LogP contribution in [0.15, 0.2) is 53.5 Å². The van der Waals surface area contributed by atoms with Gasteiger partial charge < -0.3 is 4.98 Å². The molecule has 0 bridgehead atoms. The number of nitrogens with zero attached hydrogens (tertiary/aromatic N) is 4. The first-order valence-corrected chi connectivity index (χ1v) is 7.96. The second kappa shape index (κ2) is 5.72. The Kier molecular flexibility index (Phi) is 3.55. The zero-order valence-electron chi connectivity index (χ0n) is 11.7. The molecule has 23 heavy (non-hydrogen) atoms. The average molecular weight is 387 g/mol. The van der Waals surface area contributed by atoms with E-state index in [-0.39, 0.29) is 0 Å². The van der Waals surface area contributed by atoms with Gasteiger partial charge in [-0.3, -0.25) is 9.97 Å². The van der Waals surface area contributed by atoms with Crippen LogP contribution < -0.4 is 0 Å². The SMILES string of the molecule is Clc1c(-c2nc3ncc(Br)cc3[nH]2)ccnc1-c1cccnc1. The van der Waals surface area contributed by atoms with Crippen molar-refractivity contribution in [1.82, 2.24) is 24.9 Å². The lowest BCUT2D eigenvalue weighted by Crippen LogP contribution is -1.90. The molecule has 0 fully saturated rings. The average Bonchev–Trinajstić information content (AvgIpc) is 2.98. The summed E-state index contributed by atoms with van der Waals surface area (Å²) in [4.78, 5) is 20.5. The first kappa shape index (κ1) is 14.3. The van der Waals surface area contributed by atoms with Crippen LogP contribution in [-0.2, 0) is 0 Å². The normalized spacial score (nSPS) is 11.0. The summed E-state index contributed by atoms with van der Waals surface area (Å²) in [5.41, 5.74) is 3.78. The van der Waals surface area contributed by atoms with E-state index < -0.39 is 0 Å². The summed E-state index contributed by atoms with van der Waals surface area (Å²) in [6.07, 6.45) is 6.86. The molecule has 0 amide bonds. The molecule has 0 saturated carbocycles. The number of H-pyrrole nitrogens is 1. The van der Waals surface area contributed by atoms with E-state index in [2.05, 4.69) is 40.8 Å². The number of aromatic nitrogens is 5. The molecule has 0 radical (unpaired) electrons. The number of hydrogen-bond donors (Lipinski definition) is 1. The molecule has 0 aliphatic rings. The van der Waals surface area contributed by atoms with Gasteiger partial charge in [0.05, 0.1) is 16.2 Å². The summed E-state index contributed by atoms with van der Waals surface area (Å²) in [7, 11) is 0. The van der Waals surface area contributed by atoms with Crippen molar-refractivity contribution in [3.63, 3.8) is 0 Å². The molecule has 4 heterocycles. The highest BCUT2D eigenvalue weighted by atomic mass is 79.9. The molecule has 0 aliphatic carbocycles. The van der Waals surface area contributed by atoms with Crippen molar-refractivity contribution >= 4 is 38.7 Å². The Balaban J connectivity index is 1.88. The summed E-state index contributed by atoms with van der Waals surface area (Å²) in [5.74, 6) is 0.656. The van der Waals surface area contributed by atoms with Crippen molar-refractivity contribution in [3.8, 4) is 22.6 Å². The molecule has 1 N–H and O–H groups in total. The maximum atomic E-state index is 6.56. The molecular formula is C16H9BrClN5. The van der Waals surface area contributed by atoms with Crippen molar-refractivity contribution in [2.24, 2.45) is 0 Å². The highest BCUT2D eigenvalue weighted by Gasteiger charge is 2.14. The third-order valence-corrected chi connectivity index (χ3v) is 4.20. The summed E-state index contributed by atoms with van der Waals surface area (Å²) in [6, 6.07) is 7.52. The topological polar surface area (TPSA) is 67.3 Å². The quantitative estimate of drug-likeness (QED) is 0.551. The number of rotatable bonds is 2. The van der Waals surface area contributed by atoms with Crippen LogP contribution >= 0.6 is 27.5 Å². The van der Waals surface area contributed by atoms with Crippen molar-refractivity contribution in [3.05, 3.63) is 58.5 Å². The van der Waals surface area contributed by atoms with Gasteiger partial charge in [-0.25, -0.2) is 9.97 Å². The van der Waals surface area contributed by atoms with Crippen LogP contribution in [0.3, 0.4) is 0 Å². The van der Waals surface area contributed by atoms with Crippen molar-refractivity contribution in [2.75, 3.05) is 0 Å². The Morgan fingerprint density at radius 1 is 1.09 bits per heavy atom. The van der Waals surface area contributed by atoms with Crippen LogP contribution in [0.4, 0.5) is 0 Å². The van der Waals surface area contributed by atoms with E-state index in [0.29, 0.717) is 22.2 Å². The molecule has 4 aromatic rings. The molecule has 5 nitrogen and oxygen atoms in total. The number of imidazole rings is 1. The lowest BCUT2D eigenvalue weighted by atomic mass is 10.1. The Bertz CT molecular complexity index is 1000. The molecule has 0 aromatic carbocycles. The third-order valence-electron chi connectivity index (χ3n) is 3.38. The van der Waals surface area contributed by atoms with Gasteiger partial charge in [-0.15, -0.1) is 0 Å². The molecule has 0 atom stereocenters. The molecular weight excluding hydrogens is 378 g/mol. The molecule has 0 spiro atoms. The predicted molar refractivity (Wildman–Crippen MR) is 93.1 cm³/mol. The standard InChI is InChI=1S/C16H9BrClN5/c17-10-6-12-16(21-8-10)23-15(22-12)11-3-5-20-14(13(11)18)9-2-1-4-19-7-9/h1-8H,(H,21,22,23). The molecule has 7 heteroatoms. The summed E-state index contributed by atoms with van der Waals surface area (Å²) < 4.78 is 0.886. The zero-order valence-corrected chi connectivity index (χ0v) is 14.0. The van der Waals surface area contributed by atoms with Gasteiger partial charge in [0, 0.05) is 40.4 Å². The Labute approximate surface area is 144 Å². The van der Waals surface area contributed by atoms with Gasteiger partial charge in [-0.1, -0.05) is 11.6 Å². The molecule has 112 valence electrons.